The van der Waals surface area contributed by atoms with Gasteiger partial charge in [-0.1, -0.05) is 28.1 Å². The van der Waals surface area contributed by atoms with E-state index in [2.05, 4.69) is 62.8 Å². The lowest BCUT2D eigenvalue weighted by Gasteiger charge is -2.15. The van der Waals surface area contributed by atoms with Gasteiger partial charge in [-0.2, -0.15) is 0 Å². The molecule has 0 bridgehead atoms. The van der Waals surface area contributed by atoms with Gasteiger partial charge in [0.15, 0.2) is 0 Å². The Morgan fingerprint density at radius 2 is 1.79 bits per heavy atom. The predicted molar refractivity (Wildman–Crippen MR) is 86.2 cm³/mol. The first-order valence-electron chi connectivity index (χ1n) is 6.10. The van der Waals surface area contributed by atoms with Crippen LogP contribution in [0.15, 0.2) is 39.4 Å². The molecule has 1 atom stereocenters. The molecule has 0 saturated heterocycles. The first kappa shape index (κ1) is 14.7. The number of hydrogen-bond donors (Lipinski definition) is 1. The van der Waals surface area contributed by atoms with Crippen molar-refractivity contribution in [2.24, 2.45) is 5.73 Å². The third-order valence-electron chi connectivity index (χ3n) is 3.10. The van der Waals surface area contributed by atoms with E-state index < -0.39 is 0 Å². The fraction of sp³-hybridized carbons (Fsp3) is 0.267. The lowest BCUT2D eigenvalue weighted by atomic mass is 9.98. The molecule has 0 saturated carbocycles. The van der Waals surface area contributed by atoms with Crippen molar-refractivity contribution in [3.63, 3.8) is 0 Å². The molecule has 1 aromatic heterocycles. The van der Waals surface area contributed by atoms with E-state index >= 15 is 0 Å². The second kappa shape index (κ2) is 6.16. The van der Waals surface area contributed by atoms with Crippen LogP contribution in [-0.4, -0.2) is 4.98 Å². The fourth-order valence-corrected chi connectivity index (χ4v) is 2.53. The van der Waals surface area contributed by atoms with Crippen molar-refractivity contribution >= 4 is 31.9 Å². The average Bonchev–Trinajstić information content (AvgIpc) is 2.38. The smallest absolute Gasteiger partial charge is 0.0423 e. The van der Waals surface area contributed by atoms with Crippen LogP contribution < -0.4 is 5.73 Å². The SMILES string of the molecule is Cc1cc(C(N)Cc2ccc(Br)cn2)cc(C)c1Br. The number of benzene rings is 1. The summed E-state index contributed by atoms with van der Waals surface area (Å²) in [5, 5.41) is 0. The lowest BCUT2D eigenvalue weighted by molar-refractivity contribution is 0.704. The summed E-state index contributed by atoms with van der Waals surface area (Å²) in [5.41, 5.74) is 10.9. The Morgan fingerprint density at radius 3 is 2.32 bits per heavy atom. The van der Waals surface area contributed by atoms with Crippen LogP contribution in [0.4, 0.5) is 0 Å². The first-order chi connectivity index (χ1) is 8.97. The van der Waals surface area contributed by atoms with Gasteiger partial charge in [-0.15, -0.1) is 0 Å². The van der Waals surface area contributed by atoms with Gasteiger partial charge in [0.2, 0.25) is 0 Å². The Morgan fingerprint density at radius 1 is 1.16 bits per heavy atom. The first-order valence-corrected chi connectivity index (χ1v) is 7.68. The monoisotopic (exact) mass is 382 g/mol. The molecule has 4 heteroatoms. The normalized spacial score (nSPS) is 12.5. The van der Waals surface area contributed by atoms with Crippen molar-refractivity contribution in [1.82, 2.24) is 4.98 Å². The van der Waals surface area contributed by atoms with Gasteiger partial charge in [-0.3, -0.25) is 4.98 Å². The lowest BCUT2D eigenvalue weighted by Crippen LogP contribution is -2.14. The van der Waals surface area contributed by atoms with Crippen molar-refractivity contribution in [2.45, 2.75) is 26.3 Å². The molecule has 1 aromatic carbocycles. The maximum atomic E-state index is 6.29. The Balaban J connectivity index is 2.20. The summed E-state index contributed by atoms with van der Waals surface area (Å²) in [7, 11) is 0. The van der Waals surface area contributed by atoms with Gasteiger partial charge < -0.3 is 5.73 Å². The highest BCUT2D eigenvalue weighted by Crippen LogP contribution is 2.26. The number of hydrogen-bond acceptors (Lipinski definition) is 2. The highest BCUT2D eigenvalue weighted by atomic mass is 79.9. The minimum atomic E-state index is -0.0285. The molecule has 0 fully saturated rings. The number of aryl methyl sites for hydroxylation is 2. The highest BCUT2D eigenvalue weighted by Gasteiger charge is 2.11. The highest BCUT2D eigenvalue weighted by molar-refractivity contribution is 9.10. The van der Waals surface area contributed by atoms with Crippen LogP contribution in [0.5, 0.6) is 0 Å². The van der Waals surface area contributed by atoms with Crippen LogP contribution in [-0.2, 0) is 6.42 Å². The summed E-state index contributed by atoms with van der Waals surface area (Å²) in [6.45, 7) is 4.18. The molecule has 0 aliphatic carbocycles. The average molecular weight is 384 g/mol. The van der Waals surface area contributed by atoms with Gasteiger partial charge in [0.1, 0.15) is 0 Å². The van der Waals surface area contributed by atoms with Crippen LogP contribution in [0.2, 0.25) is 0 Å². The maximum Gasteiger partial charge on any atom is 0.0423 e. The summed E-state index contributed by atoms with van der Waals surface area (Å²) in [6.07, 6.45) is 2.55. The molecule has 2 rings (SSSR count). The van der Waals surface area contributed by atoms with Crippen LogP contribution in [0.1, 0.15) is 28.4 Å². The molecule has 100 valence electrons. The van der Waals surface area contributed by atoms with Gasteiger partial charge in [-0.05, 0) is 58.6 Å². The van der Waals surface area contributed by atoms with Gasteiger partial charge in [-0.25, -0.2) is 0 Å². The summed E-state index contributed by atoms with van der Waals surface area (Å²) in [4.78, 5) is 4.37. The van der Waals surface area contributed by atoms with E-state index in [-0.39, 0.29) is 6.04 Å². The van der Waals surface area contributed by atoms with Crippen LogP contribution in [0, 0.1) is 13.8 Å². The second-order valence-electron chi connectivity index (χ2n) is 4.75. The van der Waals surface area contributed by atoms with E-state index in [0.717, 1.165) is 26.6 Å². The molecule has 2 nitrogen and oxygen atoms in total. The summed E-state index contributed by atoms with van der Waals surface area (Å²) >= 11 is 6.96. The van der Waals surface area contributed by atoms with Crippen LogP contribution in [0.3, 0.4) is 0 Å². The number of pyridine rings is 1. The molecule has 19 heavy (non-hydrogen) atoms. The fourth-order valence-electron chi connectivity index (χ4n) is 2.06. The van der Waals surface area contributed by atoms with Gasteiger partial charge in [0.05, 0.1) is 0 Å². The number of nitrogens with two attached hydrogens (primary N) is 1. The molecule has 2 N–H and O–H groups in total. The molecular weight excluding hydrogens is 368 g/mol. The molecule has 0 aliphatic heterocycles. The van der Waals surface area contributed by atoms with Crippen molar-refractivity contribution in [3.05, 3.63) is 61.8 Å². The zero-order valence-electron chi connectivity index (χ0n) is 11.0. The third kappa shape index (κ3) is 3.65. The van der Waals surface area contributed by atoms with E-state index in [1.165, 1.54) is 11.1 Å². The largest absolute Gasteiger partial charge is 0.324 e. The predicted octanol–water partition coefficient (Wildman–Crippen LogP) is 4.47. The van der Waals surface area contributed by atoms with E-state index in [0.29, 0.717) is 0 Å². The zero-order chi connectivity index (χ0) is 14.0. The molecule has 1 unspecified atom stereocenters. The number of aromatic nitrogens is 1. The summed E-state index contributed by atoms with van der Waals surface area (Å²) < 4.78 is 2.14. The molecule has 0 spiro atoms. The number of nitrogens with zero attached hydrogens (tertiary/aromatic N) is 1. The number of rotatable bonds is 3. The Kier molecular flexibility index (Phi) is 4.76. The Labute approximate surface area is 130 Å². The van der Waals surface area contributed by atoms with Crippen LogP contribution in [0.25, 0.3) is 0 Å². The van der Waals surface area contributed by atoms with Gasteiger partial charge >= 0.3 is 0 Å². The molecule has 0 radical (unpaired) electrons. The minimum absolute atomic E-state index is 0.0285. The molecule has 1 heterocycles. The molecule has 2 aromatic rings. The second-order valence-corrected chi connectivity index (χ2v) is 6.46. The van der Waals surface area contributed by atoms with Gasteiger partial charge in [0, 0.05) is 33.3 Å². The topological polar surface area (TPSA) is 38.9 Å². The van der Waals surface area contributed by atoms with E-state index in [1.807, 2.05) is 12.1 Å². The zero-order valence-corrected chi connectivity index (χ0v) is 14.1. The minimum Gasteiger partial charge on any atom is -0.324 e. The number of halogens is 2. The van der Waals surface area contributed by atoms with Crippen molar-refractivity contribution in [1.29, 1.82) is 0 Å². The standard InChI is InChI=1S/C15H16Br2N2/c1-9-5-11(6-10(2)15(9)17)14(18)7-13-4-3-12(16)8-19-13/h3-6,8,14H,7,18H2,1-2H3. The molecule has 0 amide bonds. The van der Waals surface area contributed by atoms with E-state index in [9.17, 15) is 0 Å². The van der Waals surface area contributed by atoms with Crippen molar-refractivity contribution in [3.8, 4) is 0 Å². The quantitative estimate of drug-likeness (QED) is 0.849. The third-order valence-corrected chi connectivity index (χ3v) is 4.82. The van der Waals surface area contributed by atoms with Crippen molar-refractivity contribution < 1.29 is 0 Å². The summed E-state index contributed by atoms with van der Waals surface area (Å²) in [6, 6.07) is 8.25. The Hall–Kier alpha value is -0.710. The van der Waals surface area contributed by atoms with E-state index in [1.54, 1.807) is 6.20 Å². The Bertz CT molecular complexity index is 556. The van der Waals surface area contributed by atoms with Crippen LogP contribution >= 0.6 is 31.9 Å². The summed E-state index contributed by atoms with van der Waals surface area (Å²) in [5.74, 6) is 0. The molecular formula is C15H16Br2N2. The molecule has 0 aliphatic rings. The van der Waals surface area contributed by atoms with Crippen molar-refractivity contribution in [2.75, 3.05) is 0 Å². The maximum absolute atomic E-state index is 6.29. The van der Waals surface area contributed by atoms with E-state index in [4.69, 9.17) is 5.73 Å². The van der Waals surface area contributed by atoms with Gasteiger partial charge in [0.25, 0.3) is 0 Å².